The van der Waals surface area contributed by atoms with Crippen molar-refractivity contribution in [2.24, 2.45) is 7.05 Å². The molecule has 4 nitrogen and oxygen atoms in total. The van der Waals surface area contributed by atoms with Gasteiger partial charge in [0.25, 0.3) is 0 Å². The molecule has 0 atom stereocenters. The van der Waals surface area contributed by atoms with E-state index in [1.54, 1.807) is 30.2 Å². The van der Waals surface area contributed by atoms with Crippen LogP contribution in [0, 0.1) is 5.82 Å². The van der Waals surface area contributed by atoms with Gasteiger partial charge >= 0.3 is 0 Å². The maximum absolute atomic E-state index is 13.4. The molecule has 3 aromatic rings. The molecule has 0 spiro atoms. The zero-order chi connectivity index (χ0) is 14.1. The topological polar surface area (TPSA) is 56.7 Å². The second-order valence-corrected chi connectivity index (χ2v) is 4.48. The molecule has 3 rings (SSSR count). The van der Waals surface area contributed by atoms with Crippen LogP contribution in [0.1, 0.15) is 0 Å². The number of nitrogen functional groups attached to an aromatic ring is 1. The molecule has 2 heterocycles. The van der Waals surface area contributed by atoms with Crippen LogP contribution in [0.25, 0.3) is 22.4 Å². The van der Waals surface area contributed by atoms with E-state index in [1.807, 2.05) is 18.2 Å². The molecule has 5 heteroatoms. The molecule has 0 amide bonds. The Morgan fingerprint density at radius 2 is 1.95 bits per heavy atom. The SMILES string of the molecule is Cn1nc(-c2cccc(F)c2)c(-c2cccnc2)c1N. The first-order valence-electron chi connectivity index (χ1n) is 6.15. The zero-order valence-corrected chi connectivity index (χ0v) is 10.9. The summed E-state index contributed by atoms with van der Waals surface area (Å²) in [6.07, 6.45) is 3.41. The zero-order valence-electron chi connectivity index (χ0n) is 10.9. The Morgan fingerprint density at radius 3 is 2.65 bits per heavy atom. The van der Waals surface area contributed by atoms with Crippen molar-refractivity contribution in [3.05, 3.63) is 54.6 Å². The molecule has 0 bridgehead atoms. The monoisotopic (exact) mass is 268 g/mol. The molecule has 0 radical (unpaired) electrons. The van der Waals surface area contributed by atoms with Gasteiger partial charge in [-0.05, 0) is 18.2 Å². The van der Waals surface area contributed by atoms with Crippen molar-refractivity contribution in [3.63, 3.8) is 0 Å². The normalized spacial score (nSPS) is 10.7. The van der Waals surface area contributed by atoms with E-state index < -0.39 is 0 Å². The van der Waals surface area contributed by atoms with Crippen LogP contribution in [0.15, 0.2) is 48.8 Å². The predicted octanol–water partition coefficient (Wildman–Crippen LogP) is 2.87. The lowest BCUT2D eigenvalue weighted by Gasteiger charge is -2.04. The van der Waals surface area contributed by atoms with Gasteiger partial charge in [0.2, 0.25) is 0 Å². The average Bonchev–Trinajstić information content (AvgIpc) is 2.76. The molecule has 0 aliphatic heterocycles. The van der Waals surface area contributed by atoms with Crippen molar-refractivity contribution >= 4 is 5.82 Å². The van der Waals surface area contributed by atoms with E-state index in [1.165, 1.54) is 12.1 Å². The quantitative estimate of drug-likeness (QED) is 0.777. The molecule has 1 aromatic carbocycles. The number of anilines is 1. The summed E-state index contributed by atoms with van der Waals surface area (Å²) in [5.74, 6) is 0.223. The van der Waals surface area contributed by atoms with Crippen molar-refractivity contribution in [2.75, 3.05) is 5.73 Å². The Balaban J connectivity index is 2.25. The Bertz CT molecular complexity index is 750. The number of nitrogens with zero attached hydrogens (tertiary/aromatic N) is 3. The fourth-order valence-corrected chi connectivity index (χ4v) is 2.17. The minimum absolute atomic E-state index is 0.302. The smallest absolute Gasteiger partial charge is 0.129 e. The standard InChI is InChI=1S/C15H13FN4/c1-20-15(17)13(11-5-3-7-18-9-11)14(19-20)10-4-2-6-12(16)8-10/h2-9H,17H2,1H3. The molecule has 0 fully saturated rings. The van der Waals surface area contributed by atoms with Gasteiger partial charge in [0.15, 0.2) is 0 Å². The lowest BCUT2D eigenvalue weighted by atomic mass is 10.0. The lowest BCUT2D eigenvalue weighted by molar-refractivity contribution is 0.628. The molecular formula is C15H13FN4. The van der Waals surface area contributed by atoms with Crippen molar-refractivity contribution in [3.8, 4) is 22.4 Å². The summed E-state index contributed by atoms with van der Waals surface area (Å²) >= 11 is 0. The molecule has 100 valence electrons. The maximum Gasteiger partial charge on any atom is 0.129 e. The number of rotatable bonds is 2. The molecule has 20 heavy (non-hydrogen) atoms. The van der Waals surface area contributed by atoms with E-state index in [2.05, 4.69) is 10.1 Å². The number of aryl methyl sites for hydroxylation is 1. The summed E-state index contributed by atoms with van der Waals surface area (Å²) in [6.45, 7) is 0. The molecule has 2 aromatic heterocycles. The summed E-state index contributed by atoms with van der Waals surface area (Å²) in [4.78, 5) is 4.10. The van der Waals surface area contributed by atoms with Crippen LogP contribution in [0.3, 0.4) is 0 Å². The van der Waals surface area contributed by atoms with Crippen molar-refractivity contribution in [1.82, 2.24) is 14.8 Å². The van der Waals surface area contributed by atoms with E-state index >= 15 is 0 Å². The van der Waals surface area contributed by atoms with Gasteiger partial charge in [0, 0.05) is 30.6 Å². The fraction of sp³-hybridized carbons (Fsp3) is 0.0667. The summed E-state index contributed by atoms with van der Waals surface area (Å²) < 4.78 is 15.0. The number of aromatic nitrogens is 3. The summed E-state index contributed by atoms with van der Waals surface area (Å²) in [7, 11) is 1.76. The second kappa shape index (κ2) is 4.77. The number of nitrogens with two attached hydrogens (primary N) is 1. The highest BCUT2D eigenvalue weighted by Crippen LogP contribution is 2.35. The van der Waals surface area contributed by atoms with Crippen molar-refractivity contribution in [1.29, 1.82) is 0 Å². The number of benzene rings is 1. The molecular weight excluding hydrogens is 255 g/mol. The van der Waals surface area contributed by atoms with E-state index in [0.717, 1.165) is 11.1 Å². The van der Waals surface area contributed by atoms with E-state index in [0.29, 0.717) is 17.1 Å². The second-order valence-electron chi connectivity index (χ2n) is 4.48. The van der Waals surface area contributed by atoms with Gasteiger partial charge < -0.3 is 5.73 Å². The van der Waals surface area contributed by atoms with Gasteiger partial charge in [0.1, 0.15) is 17.3 Å². The minimum Gasteiger partial charge on any atom is -0.383 e. The highest BCUT2D eigenvalue weighted by atomic mass is 19.1. The third-order valence-corrected chi connectivity index (χ3v) is 3.14. The first kappa shape index (κ1) is 12.3. The third kappa shape index (κ3) is 2.03. The van der Waals surface area contributed by atoms with Crippen LogP contribution >= 0.6 is 0 Å². The van der Waals surface area contributed by atoms with Gasteiger partial charge in [-0.2, -0.15) is 5.10 Å². The van der Waals surface area contributed by atoms with Crippen LogP contribution in [0.4, 0.5) is 10.2 Å². The number of halogens is 1. The Morgan fingerprint density at radius 1 is 1.15 bits per heavy atom. The van der Waals surface area contributed by atoms with Gasteiger partial charge in [0.05, 0.1) is 5.56 Å². The number of hydrogen-bond donors (Lipinski definition) is 1. The van der Waals surface area contributed by atoms with E-state index in [-0.39, 0.29) is 5.82 Å². The minimum atomic E-state index is -0.302. The Hall–Kier alpha value is -2.69. The van der Waals surface area contributed by atoms with Gasteiger partial charge in [-0.15, -0.1) is 0 Å². The molecule has 0 saturated heterocycles. The van der Waals surface area contributed by atoms with E-state index in [9.17, 15) is 4.39 Å². The van der Waals surface area contributed by atoms with Crippen molar-refractivity contribution < 1.29 is 4.39 Å². The summed E-state index contributed by atoms with van der Waals surface area (Å²) in [6, 6.07) is 10.1. The Kier molecular flexibility index (Phi) is 2.95. The summed E-state index contributed by atoms with van der Waals surface area (Å²) in [5, 5.41) is 4.40. The van der Waals surface area contributed by atoms with Crippen LogP contribution in [0.2, 0.25) is 0 Å². The fourth-order valence-electron chi connectivity index (χ4n) is 2.17. The number of hydrogen-bond acceptors (Lipinski definition) is 3. The third-order valence-electron chi connectivity index (χ3n) is 3.14. The molecule has 0 aliphatic carbocycles. The van der Waals surface area contributed by atoms with Crippen LogP contribution in [-0.4, -0.2) is 14.8 Å². The largest absolute Gasteiger partial charge is 0.383 e. The molecule has 0 aliphatic rings. The predicted molar refractivity (Wildman–Crippen MR) is 76.2 cm³/mol. The first-order valence-corrected chi connectivity index (χ1v) is 6.15. The van der Waals surface area contributed by atoms with Crippen LogP contribution in [0.5, 0.6) is 0 Å². The lowest BCUT2D eigenvalue weighted by Crippen LogP contribution is -1.98. The first-order chi connectivity index (χ1) is 9.66. The average molecular weight is 268 g/mol. The maximum atomic E-state index is 13.4. The highest BCUT2D eigenvalue weighted by Gasteiger charge is 2.17. The highest BCUT2D eigenvalue weighted by molar-refractivity contribution is 5.87. The summed E-state index contributed by atoms with van der Waals surface area (Å²) in [5.41, 5.74) is 9.06. The molecule has 0 saturated carbocycles. The van der Waals surface area contributed by atoms with Gasteiger partial charge in [-0.3, -0.25) is 9.67 Å². The van der Waals surface area contributed by atoms with Crippen LogP contribution < -0.4 is 5.73 Å². The van der Waals surface area contributed by atoms with Crippen molar-refractivity contribution in [2.45, 2.75) is 0 Å². The number of pyridine rings is 1. The molecule has 2 N–H and O–H groups in total. The van der Waals surface area contributed by atoms with E-state index in [4.69, 9.17) is 5.73 Å². The van der Waals surface area contributed by atoms with Gasteiger partial charge in [-0.1, -0.05) is 18.2 Å². The van der Waals surface area contributed by atoms with Crippen LogP contribution in [-0.2, 0) is 7.05 Å². The van der Waals surface area contributed by atoms with Gasteiger partial charge in [-0.25, -0.2) is 4.39 Å². The Labute approximate surface area is 115 Å². The molecule has 0 unspecified atom stereocenters.